The summed E-state index contributed by atoms with van der Waals surface area (Å²) in [5.41, 5.74) is 8.17. The molecule has 1 rings (SSSR count). The summed E-state index contributed by atoms with van der Waals surface area (Å²) in [6.45, 7) is 7.00. The number of benzene rings is 1. The van der Waals surface area contributed by atoms with Crippen LogP contribution in [0.1, 0.15) is 32.3 Å². The molecule has 0 heterocycles. The van der Waals surface area contributed by atoms with E-state index in [9.17, 15) is 4.79 Å². The maximum absolute atomic E-state index is 11.6. The quantitative estimate of drug-likeness (QED) is 0.588. The third-order valence-corrected chi connectivity index (χ3v) is 2.87. The standard InChI is InChI=1S/C15H24N2O2/c1-11(2)5-4-8-19-10-15(18)17-13-7-6-12(3)14(16)9-13/h6-7,9,11H,4-5,8,10,16H2,1-3H3,(H,17,18). The molecule has 0 aliphatic carbocycles. The van der Waals surface area contributed by atoms with Gasteiger partial charge in [-0.15, -0.1) is 0 Å². The van der Waals surface area contributed by atoms with Crippen molar-refractivity contribution < 1.29 is 9.53 Å². The highest BCUT2D eigenvalue weighted by Gasteiger charge is 2.04. The normalized spacial score (nSPS) is 10.7. The van der Waals surface area contributed by atoms with Crippen LogP contribution < -0.4 is 11.1 Å². The second kappa shape index (κ2) is 7.79. The smallest absolute Gasteiger partial charge is 0.250 e. The van der Waals surface area contributed by atoms with Crippen LogP contribution in [0.15, 0.2) is 18.2 Å². The highest BCUT2D eigenvalue weighted by molar-refractivity contribution is 5.92. The van der Waals surface area contributed by atoms with E-state index in [0.717, 1.165) is 18.4 Å². The van der Waals surface area contributed by atoms with Gasteiger partial charge >= 0.3 is 0 Å². The molecule has 0 radical (unpaired) electrons. The summed E-state index contributed by atoms with van der Waals surface area (Å²) in [7, 11) is 0. The molecule has 1 aromatic rings. The molecular formula is C15H24N2O2. The monoisotopic (exact) mass is 264 g/mol. The van der Waals surface area contributed by atoms with Crippen LogP contribution in [0.2, 0.25) is 0 Å². The van der Waals surface area contributed by atoms with E-state index >= 15 is 0 Å². The van der Waals surface area contributed by atoms with E-state index in [4.69, 9.17) is 10.5 Å². The highest BCUT2D eigenvalue weighted by Crippen LogP contribution is 2.16. The summed E-state index contributed by atoms with van der Waals surface area (Å²) in [6.07, 6.45) is 2.11. The SMILES string of the molecule is Cc1ccc(NC(=O)COCCCC(C)C)cc1N. The molecule has 1 amide bonds. The number of hydrogen-bond donors (Lipinski definition) is 2. The zero-order valence-corrected chi connectivity index (χ0v) is 12.0. The predicted molar refractivity (Wildman–Crippen MR) is 79.1 cm³/mol. The van der Waals surface area contributed by atoms with E-state index in [1.54, 1.807) is 6.07 Å². The van der Waals surface area contributed by atoms with Crippen molar-refractivity contribution in [3.63, 3.8) is 0 Å². The molecular weight excluding hydrogens is 240 g/mol. The Morgan fingerprint density at radius 1 is 1.42 bits per heavy atom. The Balaban J connectivity index is 2.25. The van der Waals surface area contributed by atoms with Crippen molar-refractivity contribution in [2.75, 3.05) is 24.3 Å². The van der Waals surface area contributed by atoms with Crippen molar-refractivity contribution in [1.82, 2.24) is 0 Å². The summed E-state index contributed by atoms with van der Waals surface area (Å²) in [5, 5.41) is 2.77. The van der Waals surface area contributed by atoms with Crippen LogP contribution in [0.25, 0.3) is 0 Å². The minimum atomic E-state index is -0.146. The van der Waals surface area contributed by atoms with Gasteiger partial charge < -0.3 is 15.8 Å². The lowest BCUT2D eigenvalue weighted by Crippen LogP contribution is -2.18. The van der Waals surface area contributed by atoms with Crippen LogP contribution in [0, 0.1) is 12.8 Å². The number of carbonyl (C=O) groups is 1. The molecule has 4 heteroatoms. The van der Waals surface area contributed by atoms with Crippen molar-refractivity contribution in [1.29, 1.82) is 0 Å². The Hall–Kier alpha value is -1.55. The number of anilines is 2. The van der Waals surface area contributed by atoms with Crippen LogP contribution in [-0.4, -0.2) is 19.1 Å². The number of ether oxygens (including phenoxy) is 1. The Kier molecular flexibility index (Phi) is 6.36. The summed E-state index contributed by atoms with van der Waals surface area (Å²) in [6, 6.07) is 5.47. The fourth-order valence-electron chi connectivity index (χ4n) is 1.67. The molecule has 0 spiro atoms. The molecule has 0 aliphatic heterocycles. The molecule has 0 fully saturated rings. The zero-order valence-electron chi connectivity index (χ0n) is 12.0. The molecule has 1 aromatic carbocycles. The number of carbonyl (C=O) groups excluding carboxylic acids is 1. The zero-order chi connectivity index (χ0) is 14.3. The average molecular weight is 264 g/mol. The summed E-state index contributed by atoms with van der Waals surface area (Å²) < 4.78 is 5.33. The molecule has 0 atom stereocenters. The van der Waals surface area contributed by atoms with E-state index in [1.807, 2.05) is 19.1 Å². The number of amides is 1. The van der Waals surface area contributed by atoms with Gasteiger partial charge in [-0.1, -0.05) is 19.9 Å². The van der Waals surface area contributed by atoms with Crippen LogP contribution in [0.4, 0.5) is 11.4 Å². The lowest BCUT2D eigenvalue weighted by Gasteiger charge is -2.08. The topological polar surface area (TPSA) is 64.3 Å². The second-order valence-electron chi connectivity index (χ2n) is 5.21. The molecule has 19 heavy (non-hydrogen) atoms. The third-order valence-electron chi connectivity index (χ3n) is 2.87. The first kappa shape index (κ1) is 15.5. The molecule has 0 saturated carbocycles. The summed E-state index contributed by atoms with van der Waals surface area (Å²) in [4.78, 5) is 11.6. The van der Waals surface area contributed by atoms with E-state index < -0.39 is 0 Å². The van der Waals surface area contributed by atoms with Crippen molar-refractivity contribution >= 4 is 17.3 Å². The number of rotatable bonds is 7. The fraction of sp³-hybridized carbons (Fsp3) is 0.533. The van der Waals surface area contributed by atoms with Gasteiger partial charge in [0, 0.05) is 18.0 Å². The van der Waals surface area contributed by atoms with Crippen molar-refractivity contribution in [3.05, 3.63) is 23.8 Å². The average Bonchev–Trinajstić information content (AvgIpc) is 2.33. The number of nitrogen functional groups attached to an aromatic ring is 1. The van der Waals surface area contributed by atoms with Gasteiger partial charge in [-0.25, -0.2) is 0 Å². The van der Waals surface area contributed by atoms with Gasteiger partial charge in [0.05, 0.1) is 0 Å². The van der Waals surface area contributed by atoms with Crippen molar-refractivity contribution in [2.24, 2.45) is 5.92 Å². The molecule has 0 unspecified atom stereocenters. The first-order valence-electron chi connectivity index (χ1n) is 6.72. The minimum Gasteiger partial charge on any atom is -0.398 e. The number of nitrogens with one attached hydrogen (secondary N) is 1. The maximum Gasteiger partial charge on any atom is 0.250 e. The molecule has 0 saturated heterocycles. The van der Waals surface area contributed by atoms with Crippen molar-refractivity contribution in [2.45, 2.75) is 33.6 Å². The van der Waals surface area contributed by atoms with Crippen LogP contribution in [0.5, 0.6) is 0 Å². The Morgan fingerprint density at radius 2 is 2.16 bits per heavy atom. The van der Waals surface area contributed by atoms with Crippen LogP contribution in [0.3, 0.4) is 0 Å². The van der Waals surface area contributed by atoms with Gasteiger partial charge in [0.2, 0.25) is 5.91 Å². The molecule has 3 N–H and O–H groups in total. The van der Waals surface area contributed by atoms with E-state index in [1.165, 1.54) is 0 Å². The molecule has 0 bridgehead atoms. The van der Waals surface area contributed by atoms with Gasteiger partial charge in [0.15, 0.2) is 0 Å². The Bertz CT molecular complexity index is 417. The lowest BCUT2D eigenvalue weighted by atomic mass is 10.1. The largest absolute Gasteiger partial charge is 0.398 e. The number of nitrogens with two attached hydrogens (primary N) is 1. The Morgan fingerprint density at radius 3 is 2.79 bits per heavy atom. The predicted octanol–water partition coefficient (Wildman–Crippen LogP) is 2.97. The minimum absolute atomic E-state index is 0.0892. The van der Waals surface area contributed by atoms with E-state index in [0.29, 0.717) is 23.9 Å². The van der Waals surface area contributed by atoms with Crippen LogP contribution in [-0.2, 0) is 9.53 Å². The second-order valence-corrected chi connectivity index (χ2v) is 5.21. The molecule has 4 nitrogen and oxygen atoms in total. The lowest BCUT2D eigenvalue weighted by molar-refractivity contribution is -0.120. The van der Waals surface area contributed by atoms with Gasteiger partial charge in [0.1, 0.15) is 6.61 Å². The summed E-state index contributed by atoms with van der Waals surface area (Å²) in [5.74, 6) is 0.528. The van der Waals surface area contributed by atoms with Crippen molar-refractivity contribution in [3.8, 4) is 0 Å². The number of aryl methyl sites for hydroxylation is 1. The van der Waals surface area contributed by atoms with E-state index in [-0.39, 0.29) is 12.5 Å². The third kappa shape index (κ3) is 6.25. The Labute approximate surface area is 115 Å². The highest BCUT2D eigenvalue weighted by atomic mass is 16.5. The van der Waals surface area contributed by atoms with Gasteiger partial charge in [-0.3, -0.25) is 4.79 Å². The van der Waals surface area contributed by atoms with Gasteiger partial charge in [0.25, 0.3) is 0 Å². The number of hydrogen-bond acceptors (Lipinski definition) is 3. The van der Waals surface area contributed by atoms with Crippen LogP contribution >= 0.6 is 0 Å². The first-order chi connectivity index (χ1) is 8.99. The summed E-state index contributed by atoms with van der Waals surface area (Å²) >= 11 is 0. The fourth-order valence-corrected chi connectivity index (χ4v) is 1.67. The molecule has 0 aliphatic rings. The first-order valence-corrected chi connectivity index (χ1v) is 6.72. The molecule has 106 valence electrons. The van der Waals surface area contributed by atoms with Gasteiger partial charge in [-0.2, -0.15) is 0 Å². The molecule has 0 aromatic heterocycles. The maximum atomic E-state index is 11.6. The van der Waals surface area contributed by atoms with Gasteiger partial charge in [-0.05, 0) is 43.4 Å². The van der Waals surface area contributed by atoms with E-state index in [2.05, 4.69) is 19.2 Å².